The number of nitrogens with one attached hydrogen (secondary N) is 1. The lowest BCUT2D eigenvalue weighted by Gasteiger charge is -2.21. The minimum absolute atomic E-state index is 0.282. The van der Waals surface area contributed by atoms with Crippen LogP contribution in [0.5, 0.6) is 0 Å². The Morgan fingerprint density at radius 1 is 1.30 bits per heavy atom. The summed E-state index contributed by atoms with van der Waals surface area (Å²) >= 11 is 1.45. The average Bonchev–Trinajstić information content (AvgIpc) is 2.43. The van der Waals surface area contributed by atoms with E-state index >= 15 is 0 Å². The Hall–Kier alpha value is -1.46. The van der Waals surface area contributed by atoms with Gasteiger partial charge in [-0.1, -0.05) is 17.8 Å². The van der Waals surface area contributed by atoms with Crippen LogP contribution in [0.4, 0.5) is 5.69 Å². The number of esters is 1. The van der Waals surface area contributed by atoms with E-state index in [9.17, 15) is 4.79 Å². The van der Waals surface area contributed by atoms with Crippen molar-refractivity contribution in [2.24, 2.45) is 0 Å². The normalized spacial score (nSPS) is 13.8. The van der Waals surface area contributed by atoms with Gasteiger partial charge >= 0.3 is 5.97 Å². The Bertz CT molecular complexity index is 540. The first-order valence-electron chi connectivity index (χ1n) is 6.63. The number of carbonyl (C=O) groups is 1. The first-order chi connectivity index (χ1) is 9.61. The van der Waals surface area contributed by atoms with Gasteiger partial charge in [0.15, 0.2) is 0 Å². The molecule has 1 heterocycles. The highest BCUT2D eigenvalue weighted by molar-refractivity contribution is 8.04. The van der Waals surface area contributed by atoms with Gasteiger partial charge in [0, 0.05) is 17.2 Å². The number of rotatable bonds is 5. The van der Waals surface area contributed by atoms with E-state index in [2.05, 4.69) is 11.4 Å². The molecule has 0 unspecified atom stereocenters. The highest BCUT2D eigenvalue weighted by atomic mass is 32.2. The number of anilines is 1. The number of fused-ring (bicyclic) bond motifs is 1. The highest BCUT2D eigenvalue weighted by Crippen LogP contribution is 2.40. The molecule has 0 saturated heterocycles. The van der Waals surface area contributed by atoms with Gasteiger partial charge in [0.1, 0.15) is 11.5 Å². The minimum atomic E-state index is -0.299. The molecule has 0 aliphatic carbocycles. The van der Waals surface area contributed by atoms with Crippen molar-refractivity contribution in [1.82, 2.24) is 0 Å². The summed E-state index contributed by atoms with van der Waals surface area (Å²) in [5, 5.41) is 3.25. The first-order valence-corrected chi connectivity index (χ1v) is 7.44. The van der Waals surface area contributed by atoms with Gasteiger partial charge in [-0.25, -0.2) is 4.79 Å². The second-order valence-corrected chi connectivity index (χ2v) is 5.57. The molecular formula is C15H19NO3S. The first kappa shape index (κ1) is 14.9. The molecule has 0 atom stereocenters. The highest BCUT2D eigenvalue weighted by Gasteiger charge is 2.22. The molecule has 4 nitrogen and oxygen atoms in total. The molecule has 0 spiro atoms. The summed E-state index contributed by atoms with van der Waals surface area (Å²) in [5.41, 5.74) is 3.03. The third kappa shape index (κ3) is 3.55. The Labute approximate surface area is 123 Å². The smallest absolute Gasteiger partial charge is 0.346 e. The maximum Gasteiger partial charge on any atom is 0.346 e. The number of allylic oxidation sites excluding steroid dienone is 1. The minimum Gasteiger partial charge on any atom is -0.459 e. The largest absolute Gasteiger partial charge is 0.459 e. The molecule has 0 saturated carbocycles. The molecule has 0 aromatic heterocycles. The number of benzene rings is 1. The molecule has 0 bridgehead atoms. The van der Waals surface area contributed by atoms with Crippen LogP contribution in [0.2, 0.25) is 0 Å². The quantitative estimate of drug-likeness (QED) is 0.666. The van der Waals surface area contributed by atoms with Crippen molar-refractivity contribution in [1.29, 1.82) is 0 Å². The fourth-order valence-electron chi connectivity index (χ4n) is 1.86. The third-order valence-electron chi connectivity index (χ3n) is 2.86. The van der Waals surface area contributed by atoms with Gasteiger partial charge < -0.3 is 14.8 Å². The van der Waals surface area contributed by atoms with E-state index in [0.29, 0.717) is 18.1 Å². The third-order valence-corrected chi connectivity index (χ3v) is 4.10. The summed E-state index contributed by atoms with van der Waals surface area (Å²) < 4.78 is 10.4. The van der Waals surface area contributed by atoms with Gasteiger partial charge in [-0.15, -0.1) is 0 Å². The Morgan fingerprint density at radius 2 is 2.10 bits per heavy atom. The van der Waals surface area contributed by atoms with Crippen LogP contribution >= 0.6 is 11.8 Å². The number of ether oxygens (including phenoxy) is 2. The van der Waals surface area contributed by atoms with E-state index in [1.807, 2.05) is 32.9 Å². The van der Waals surface area contributed by atoms with E-state index in [4.69, 9.17) is 9.47 Å². The Balaban J connectivity index is 2.03. The molecule has 1 aromatic rings. The summed E-state index contributed by atoms with van der Waals surface area (Å²) in [6, 6.07) is 6.14. The monoisotopic (exact) mass is 293 g/mol. The van der Waals surface area contributed by atoms with E-state index < -0.39 is 0 Å². The van der Waals surface area contributed by atoms with Crippen LogP contribution < -0.4 is 5.32 Å². The number of aryl methyl sites for hydroxylation is 1. The second-order valence-electron chi connectivity index (χ2n) is 4.51. The predicted octanol–water partition coefficient (Wildman–Crippen LogP) is 3.32. The van der Waals surface area contributed by atoms with Gasteiger partial charge in [-0.2, -0.15) is 0 Å². The molecule has 1 aliphatic rings. The summed E-state index contributed by atoms with van der Waals surface area (Å²) in [4.78, 5) is 13.7. The molecule has 20 heavy (non-hydrogen) atoms. The maximum absolute atomic E-state index is 12.1. The van der Waals surface area contributed by atoms with E-state index in [0.717, 1.165) is 16.3 Å². The number of hydrogen-bond donors (Lipinski definition) is 1. The Morgan fingerprint density at radius 3 is 2.85 bits per heavy atom. The van der Waals surface area contributed by atoms with Crippen molar-refractivity contribution >= 4 is 23.4 Å². The van der Waals surface area contributed by atoms with E-state index in [-0.39, 0.29) is 12.6 Å². The van der Waals surface area contributed by atoms with Crippen LogP contribution in [0.3, 0.4) is 0 Å². The van der Waals surface area contributed by atoms with E-state index in [1.54, 1.807) is 0 Å². The molecule has 0 fully saturated rings. The lowest BCUT2D eigenvalue weighted by atomic mass is 10.2. The predicted molar refractivity (Wildman–Crippen MR) is 80.8 cm³/mol. The van der Waals surface area contributed by atoms with Crippen molar-refractivity contribution in [3.63, 3.8) is 0 Å². The molecule has 1 aliphatic heterocycles. The van der Waals surface area contributed by atoms with E-state index in [1.165, 1.54) is 17.3 Å². The van der Waals surface area contributed by atoms with Gasteiger partial charge in [0.25, 0.3) is 0 Å². The lowest BCUT2D eigenvalue weighted by molar-refractivity contribution is -0.139. The van der Waals surface area contributed by atoms with Crippen molar-refractivity contribution in [3.8, 4) is 0 Å². The lowest BCUT2D eigenvalue weighted by Crippen LogP contribution is -2.16. The maximum atomic E-state index is 12.1. The topological polar surface area (TPSA) is 47.6 Å². The second kappa shape index (κ2) is 6.81. The fraction of sp³-hybridized carbons (Fsp3) is 0.400. The summed E-state index contributed by atoms with van der Waals surface area (Å²) in [6.07, 6.45) is 0. The summed E-state index contributed by atoms with van der Waals surface area (Å²) in [5.74, 6) is -0.299. The van der Waals surface area contributed by atoms with Crippen molar-refractivity contribution in [2.75, 3.05) is 25.1 Å². The van der Waals surface area contributed by atoms with Gasteiger partial charge in [-0.05, 0) is 38.5 Å². The molecule has 108 valence electrons. The van der Waals surface area contributed by atoms with Crippen molar-refractivity contribution in [3.05, 3.63) is 34.4 Å². The van der Waals surface area contributed by atoms with Gasteiger partial charge in [-0.3, -0.25) is 0 Å². The zero-order chi connectivity index (χ0) is 14.5. The molecule has 0 amide bonds. The number of hydrogen-bond acceptors (Lipinski definition) is 5. The van der Waals surface area contributed by atoms with Gasteiger partial charge in [0.05, 0.1) is 12.3 Å². The van der Waals surface area contributed by atoms with Gasteiger partial charge in [0.2, 0.25) is 0 Å². The fourth-order valence-corrected chi connectivity index (χ4v) is 2.90. The molecule has 2 rings (SSSR count). The van der Waals surface area contributed by atoms with Crippen molar-refractivity contribution in [2.45, 2.75) is 25.7 Å². The molecule has 0 radical (unpaired) electrons. The number of thioether (sulfide) groups is 1. The van der Waals surface area contributed by atoms with Crippen LogP contribution in [-0.2, 0) is 14.3 Å². The molecule has 1 N–H and O–H groups in total. The van der Waals surface area contributed by atoms with Crippen LogP contribution in [0.25, 0.3) is 0 Å². The molecular weight excluding hydrogens is 274 g/mol. The SMILES string of the molecule is CCOCCOC(=O)C1=C(C)Nc2ccc(C)cc2S1. The average molecular weight is 293 g/mol. The standard InChI is InChI=1S/C15H19NO3S/c1-4-18-7-8-19-15(17)14-11(3)16-12-6-5-10(2)9-13(12)20-14/h5-6,9,16H,4,7-8H2,1-3H3. The Kier molecular flexibility index (Phi) is 5.09. The molecule has 1 aromatic carbocycles. The molecule has 5 heteroatoms. The summed E-state index contributed by atoms with van der Waals surface area (Å²) in [6.45, 7) is 7.17. The van der Waals surface area contributed by atoms with Crippen molar-refractivity contribution < 1.29 is 14.3 Å². The van der Waals surface area contributed by atoms with Crippen LogP contribution in [0.1, 0.15) is 19.4 Å². The zero-order valence-corrected chi connectivity index (χ0v) is 12.8. The summed E-state index contributed by atoms with van der Waals surface area (Å²) in [7, 11) is 0. The van der Waals surface area contributed by atoms with Crippen LogP contribution in [0.15, 0.2) is 33.7 Å². The number of carbonyl (C=O) groups excluding carboxylic acids is 1. The van der Waals surface area contributed by atoms with Crippen LogP contribution in [-0.4, -0.2) is 25.8 Å². The zero-order valence-electron chi connectivity index (χ0n) is 12.0. The van der Waals surface area contributed by atoms with Crippen LogP contribution in [0, 0.1) is 6.92 Å².